The van der Waals surface area contributed by atoms with Crippen molar-refractivity contribution < 1.29 is 9.66 Å². The Kier molecular flexibility index (Phi) is 5.11. The van der Waals surface area contributed by atoms with Gasteiger partial charge in [-0.1, -0.05) is 18.2 Å². The van der Waals surface area contributed by atoms with Crippen LogP contribution in [0.1, 0.15) is 13.3 Å². The lowest BCUT2D eigenvalue weighted by atomic mass is 10.1. The van der Waals surface area contributed by atoms with Crippen LogP contribution in [0.4, 0.5) is 11.4 Å². The summed E-state index contributed by atoms with van der Waals surface area (Å²) in [5.41, 5.74) is -0.0142. The van der Waals surface area contributed by atoms with Gasteiger partial charge in [0.15, 0.2) is 0 Å². The first-order valence-corrected chi connectivity index (χ1v) is 7.14. The molecule has 0 unspecified atom stereocenters. The number of hydrogen-bond acceptors (Lipinski definition) is 5. The Labute approximate surface area is 127 Å². The minimum atomic E-state index is -0.612. The normalized spacial score (nSPS) is 10.8. The molecule has 7 heteroatoms. The van der Waals surface area contributed by atoms with E-state index in [0.29, 0.717) is 37.0 Å². The van der Waals surface area contributed by atoms with Crippen molar-refractivity contribution in [2.75, 3.05) is 25.6 Å². The summed E-state index contributed by atoms with van der Waals surface area (Å²) in [5.74, 6) is 0. The summed E-state index contributed by atoms with van der Waals surface area (Å²) in [7, 11) is 1.60. The van der Waals surface area contributed by atoms with E-state index in [9.17, 15) is 14.9 Å². The number of nitrogens with one attached hydrogen (secondary N) is 1. The second-order valence-corrected chi connectivity index (χ2v) is 4.82. The molecule has 1 N–H and O–H groups in total. The van der Waals surface area contributed by atoms with Gasteiger partial charge in [-0.25, -0.2) is 0 Å². The highest BCUT2D eigenvalue weighted by Gasteiger charge is 2.24. The van der Waals surface area contributed by atoms with Crippen LogP contribution in [0.25, 0.3) is 10.9 Å². The van der Waals surface area contributed by atoms with Gasteiger partial charge < -0.3 is 14.6 Å². The molecule has 22 heavy (non-hydrogen) atoms. The van der Waals surface area contributed by atoms with E-state index in [1.165, 1.54) is 4.57 Å². The third-order valence-electron chi connectivity index (χ3n) is 3.47. The molecule has 0 aliphatic rings. The van der Waals surface area contributed by atoms with Crippen LogP contribution >= 0.6 is 0 Å². The molecule has 1 heterocycles. The highest BCUT2D eigenvalue weighted by molar-refractivity contribution is 5.96. The fourth-order valence-electron chi connectivity index (χ4n) is 2.48. The van der Waals surface area contributed by atoms with E-state index < -0.39 is 16.2 Å². The SMILES string of the molecule is CCn1c(=O)c([N+](=O)[O-])c(NCCCOC)c2ccccc21. The van der Waals surface area contributed by atoms with Crippen LogP contribution in [0.3, 0.4) is 0 Å². The molecule has 0 spiro atoms. The largest absolute Gasteiger partial charge is 0.385 e. The van der Waals surface area contributed by atoms with E-state index in [4.69, 9.17) is 4.74 Å². The van der Waals surface area contributed by atoms with Crippen molar-refractivity contribution >= 4 is 22.3 Å². The first-order valence-electron chi connectivity index (χ1n) is 7.14. The van der Waals surface area contributed by atoms with E-state index in [-0.39, 0.29) is 5.69 Å². The van der Waals surface area contributed by atoms with Crippen LogP contribution in [-0.2, 0) is 11.3 Å². The maximum atomic E-state index is 12.4. The molecule has 7 nitrogen and oxygen atoms in total. The molecule has 0 amide bonds. The number of hydrogen-bond donors (Lipinski definition) is 1. The van der Waals surface area contributed by atoms with Gasteiger partial charge in [-0.05, 0) is 19.4 Å². The summed E-state index contributed by atoms with van der Waals surface area (Å²) >= 11 is 0. The molecule has 0 saturated carbocycles. The lowest BCUT2D eigenvalue weighted by Crippen LogP contribution is -2.24. The fraction of sp³-hybridized carbons (Fsp3) is 0.400. The quantitative estimate of drug-likeness (QED) is 0.482. The molecular formula is C15H19N3O4. The highest BCUT2D eigenvalue weighted by atomic mass is 16.6. The Morgan fingerprint density at radius 3 is 2.73 bits per heavy atom. The molecule has 0 radical (unpaired) electrons. The standard InChI is InChI=1S/C15H19N3O4/c1-3-17-12-8-5-4-7-11(12)13(16-9-6-10-22-2)14(15(17)19)18(20)21/h4-5,7-8,16H,3,6,9-10H2,1-2H3. The minimum absolute atomic E-state index is 0.284. The van der Waals surface area contributed by atoms with Gasteiger partial charge in [0.1, 0.15) is 5.69 Å². The van der Waals surface area contributed by atoms with Crippen LogP contribution in [-0.4, -0.2) is 29.8 Å². The Hall–Kier alpha value is -2.41. The Balaban J connectivity index is 2.63. The van der Waals surface area contributed by atoms with Crippen molar-refractivity contribution in [2.45, 2.75) is 19.9 Å². The van der Waals surface area contributed by atoms with Crippen LogP contribution in [0.2, 0.25) is 0 Å². The minimum Gasteiger partial charge on any atom is -0.385 e. The van der Waals surface area contributed by atoms with Gasteiger partial charge in [-0.3, -0.25) is 14.9 Å². The molecule has 2 rings (SSSR count). The molecule has 1 aromatic carbocycles. The molecule has 0 fully saturated rings. The number of anilines is 1. The van der Waals surface area contributed by atoms with Gasteiger partial charge in [0, 0.05) is 32.2 Å². The monoisotopic (exact) mass is 305 g/mol. The Morgan fingerprint density at radius 1 is 1.36 bits per heavy atom. The van der Waals surface area contributed by atoms with Crippen molar-refractivity contribution in [3.05, 3.63) is 44.7 Å². The van der Waals surface area contributed by atoms with Crippen molar-refractivity contribution in [2.24, 2.45) is 0 Å². The van der Waals surface area contributed by atoms with E-state index in [1.54, 1.807) is 32.2 Å². The Morgan fingerprint density at radius 2 is 2.09 bits per heavy atom. The molecular weight excluding hydrogens is 286 g/mol. The molecule has 0 aliphatic carbocycles. The van der Waals surface area contributed by atoms with Crippen LogP contribution in [0.5, 0.6) is 0 Å². The first-order chi connectivity index (χ1) is 10.6. The average molecular weight is 305 g/mol. The number of aromatic nitrogens is 1. The van der Waals surface area contributed by atoms with Crippen molar-refractivity contribution in [3.63, 3.8) is 0 Å². The molecule has 0 atom stereocenters. The second-order valence-electron chi connectivity index (χ2n) is 4.82. The topological polar surface area (TPSA) is 86.4 Å². The number of aryl methyl sites for hydroxylation is 1. The highest BCUT2D eigenvalue weighted by Crippen LogP contribution is 2.29. The van der Waals surface area contributed by atoms with Gasteiger partial charge >= 0.3 is 11.2 Å². The van der Waals surface area contributed by atoms with Crippen molar-refractivity contribution in [3.8, 4) is 0 Å². The lowest BCUT2D eigenvalue weighted by Gasteiger charge is -2.14. The zero-order valence-corrected chi connectivity index (χ0v) is 12.7. The average Bonchev–Trinajstić information content (AvgIpc) is 2.51. The third kappa shape index (κ3) is 2.94. The fourth-order valence-corrected chi connectivity index (χ4v) is 2.48. The van der Waals surface area contributed by atoms with Crippen LogP contribution < -0.4 is 10.9 Å². The van der Waals surface area contributed by atoms with Gasteiger partial charge in [-0.15, -0.1) is 0 Å². The summed E-state index contributed by atoms with van der Waals surface area (Å²) in [6, 6.07) is 7.20. The van der Waals surface area contributed by atoms with Crippen molar-refractivity contribution in [1.82, 2.24) is 4.57 Å². The van der Waals surface area contributed by atoms with Crippen LogP contribution in [0, 0.1) is 10.1 Å². The van der Waals surface area contributed by atoms with E-state index in [1.807, 2.05) is 6.07 Å². The molecule has 2 aromatic rings. The Bertz CT molecular complexity index is 739. The number of nitrogens with zero attached hydrogens (tertiary/aromatic N) is 2. The number of nitro groups is 1. The van der Waals surface area contributed by atoms with Gasteiger partial charge in [0.25, 0.3) is 0 Å². The van der Waals surface area contributed by atoms with Crippen molar-refractivity contribution in [1.29, 1.82) is 0 Å². The van der Waals surface area contributed by atoms with E-state index >= 15 is 0 Å². The number of pyridine rings is 1. The van der Waals surface area contributed by atoms with E-state index in [2.05, 4.69) is 5.32 Å². The summed E-state index contributed by atoms with van der Waals surface area (Å²) < 4.78 is 6.39. The number of rotatable bonds is 7. The number of benzene rings is 1. The molecule has 1 aromatic heterocycles. The maximum Gasteiger partial charge on any atom is 0.357 e. The van der Waals surface area contributed by atoms with Gasteiger partial charge in [-0.2, -0.15) is 0 Å². The lowest BCUT2D eigenvalue weighted by molar-refractivity contribution is -0.385. The number of para-hydroxylation sites is 1. The smallest absolute Gasteiger partial charge is 0.357 e. The molecule has 0 bridgehead atoms. The number of methoxy groups -OCH3 is 1. The molecule has 0 aliphatic heterocycles. The first kappa shape index (κ1) is 16.0. The van der Waals surface area contributed by atoms with Gasteiger partial charge in [0.2, 0.25) is 0 Å². The summed E-state index contributed by atoms with van der Waals surface area (Å²) in [6.07, 6.45) is 0.693. The third-order valence-corrected chi connectivity index (χ3v) is 3.47. The maximum absolute atomic E-state index is 12.4. The van der Waals surface area contributed by atoms with E-state index in [0.717, 1.165) is 0 Å². The second kappa shape index (κ2) is 7.04. The predicted molar refractivity (Wildman–Crippen MR) is 85.5 cm³/mol. The van der Waals surface area contributed by atoms with Gasteiger partial charge in [0.05, 0.1) is 10.4 Å². The zero-order valence-electron chi connectivity index (χ0n) is 12.7. The summed E-state index contributed by atoms with van der Waals surface area (Å²) in [4.78, 5) is 23.2. The number of fused-ring (bicyclic) bond motifs is 1. The predicted octanol–water partition coefficient (Wildman–Crippen LogP) is 2.38. The van der Waals surface area contributed by atoms with Crippen LogP contribution in [0.15, 0.2) is 29.1 Å². The summed E-state index contributed by atoms with van der Waals surface area (Å²) in [5, 5.41) is 15.1. The summed E-state index contributed by atoms with van der Waals surface area (Å²) in [6.45, 7) is 3.21. The number of ether oxygens (including phenoxy) is 1. The molecule has 118 valence electrons. The zero-order chi connectivity index (χ0) is 16.1. The molecule has 0 saturated heterocycles.